The fourth-order valence-corrected chi connectivity index (χ4v) is 4.25. The molecule has 0 unspecified atom stereocenters. The maximum atomic E-state index is 13.2. The van der Waals surface area contributed by atoms with E-state index < -0.39 is 48.9 Å². The third kappa shape index (κ3) is 5.08. The van der Waals surface area contributed by atoms with Crippen molar-refractivity contribution in [2.75, 3.05) is 25.6 Å². The highest BCUT2D eigenvalue weighted by molar-refractivity contribution is 5.87. The predicted octanol–water partition coefficient (Wildman–Crippen LogP) is -0.919. The minimum absolute atomic E-state index is 0.0809. The van der Waals surface area contributed by atoms with Crippen LogP contribution in [0.2, 0.25) is 0 Å². The third-order valence-corrected chi connectivity index (χ3v) is 5.97. The lowest BCUT2D eigenvalue weighted by molar-refractivity contribution is -0.129. The van der Waals surface area contributed by atoms with Crippen molar-refractivity contribution in [2.45, 2.75) is 43.9 Å². The Morgan fingerprint density at radius 3 is 2.56 bits per heavy atom. The number of phenolic OH excluding ortho intramolecular Hbond substituents is 1. The van der Waals surface area contributed by atoms with Crippen molar-refractivity contribution in [3.63, 3.8) is 0 Å². The Hall–Kier alpha value is -3.81. The molecule has 0 radical (unpaired) electrons. The Balaban J connectivity index is 1.56. The van der Waals surface area contributed by atoms with Crippen molar-refractivity contribution in [3.05, 3.63) is 42.5 Å². The van der Waals surface area contributed by atoms with Gasteiger partial charge in [-0.1, -0.05) is 12.1 Å². The van der Waals surface area contributed by atoms with Crippen molar-refractivity contribution in [3.8, 4) is 5.75 Å². The molecule has 5 atom stereocenters. The van der Waals surface area contributed by atoms with Gasteiger partial charge in [0.2, 0.25) is 11.8 Å². The van der Waals surface area contributed by atoms with E-state index in [1.54, 1.807) is 17.0 Å². The van der Waals surface area contributed by atoms with E-state index >= 15 is 0 Å². The normalized spacial score (nSPS) is 22.4. The number of benzene rings is 1. The van der Waals surface area contributed by atoms with Crippen LogP contribution in [0, 0.1) is 0 Å². The largest absolute Gasteiger partial charge is 0.508 e. The zero-order chi connectivity index (χ0) is 26.0. The molecule has 0 bridgehead atoms. The van der Waals surface area contributed by atoms with E-state index in [1.807, 2.05) is 14.1 Å². The van der Waals surface area contributed by atoms with E-state index in [-0.39, 0.29) is 12.2 Å². The molecule has 1 aliphatic rings. The summed E-state index contributed by atoms with van der Waals surface area (Å²) < 4.78 is 7.43. The average molecular weight is 500 g/mol. The van der Waals surface area contributed by atoms with Crippen molar-refractivity contribution in [2.24, 2.45) is 0 Å². The first-order valence-electron chi connectivity index (χ1n) is 11.3. The van der Waals surface area contributed by atoms with Crippen LogP contribution in [0.5, 0.6) is 5.75 Å². The lowest BCUT2D eigenvalue weighted by Crippen LogP contribution is -2.55. The number of rotatable bonds is 8. The summed E-state index contributed by atoms with van der Waals surface area (Å²) in [5.41, 5.74) is 1.64. The molecule has 1 saturated heterocycles. The van der Waals surface area contributed by atoms with Crippen LogP contribution < -0.4 is 15.5 Å². The maximum Gasteiger partial charge on any atom is 0.243 e. The van der Waals surface area contributed by atoms with Crippen LogP contribution in [0.1, 0.15) is 18.7 Å². The van der Waals surface area contributed by atoms with Gasteiger partial charge in [0.05, 0.1) is 19.0 Å². The smallest absolute Gasteiger partial charge is 0.243 e. The lowest BCUT2D eigenvalue weighted by atomic mass is 10.0. The van der Waals surface area contributed by atoms with Crippen LogP contribution in [-0.4, -0.2) is 91.6 Å². The summed E-state index contributed by atoms with van der Waals surface area (Å²) in [5, 5.41) is 35.9. The van der Waals surface area contributed by atoms with Crippen molar-refractivity contribution in [1.82, 2.24) is 30.2 Å². The van der Waals surface area contributed by atoms with Gasteiger partial charge in [-0.2, -0.15) is 0 Å². The number of hydrogen-bond donors (Lipinski definition) is 5. The van der Waals surface area contributed by atoms with E-state index in [2.05, 4.69) is 25.6 Å². The first-order chi connectivity index (χ1) is 17.2. The molecule has 3 aromatic rings. The molecular weight excluding hydrogens is 470 g/mol. The number of hydrogen-bond acceptors (Lipinski definition) is 10. The number of amides is 2. The summed E-state index contributed by atoms with van der Waals surface area (Å²) in [5.74, 6) is -0.299. The fourth-order valence-electron chi connectivity index (χ4n) is 4.25. The number of phenols is 1. The second-order valence-corrected chi connectivity index (χ2v) is 8.81. The molecule has 13 heteroatoms. The number of carbonyl (C=O) groups is 2. The van der Waals surface area contributed by atoms with E-state index in [4.69, 9.17) is 4.74 Å². The summed E-state index contributed by atoms with van der Waals surface area (Å²) in [7, 11) is 3.64. The first kappa shape index (κ1) is 25.3. The predicted molar refractivity (Wildman–Crippen MR) is 128 cm³/mol. The lowest BCUT2D eigenvalue weighted by Gasteiger charge is -2.24. The fraction of sp³-hybridized carbons (Fsp3) is 0.435. The molecule has 1 aromatic carbocycles. The Labute approximate surface area is 206 Å². The van der Waals surface area contributed by atoms with Gasteiger partial charge in [0, 0.05) is 27.4 Å². The molecule has 0 saturated carbocycles. The van der Waals surface area contributed by atoms with Gasteiger partial charge in [0.1, 0.15) is 30.3 Å². The molecule has 2 amide bonds. The molecule has 1 fully saturated rings. The Morgan fingerprint density at radius 1 is 1.19 bits per heavy atom. The van der Waals surface area contributed by atoms with Crippen LogP contribution in [0.15, 0.2) is 36.9 Å². The number of imidazole rings is 1. The van der Waals surface area contributed by atoms with E-state index in [1.165, 1.54) is 36.3 Å². The standard InChI is InChI=1S/C23H29N7O6/c1-12(32)27-15(8-13-4-6-14(33)7-5-13)22(35)28-17-16(9-31)36-23(19(17)34)30-11-26-18-20(29(2)3)24-10-25-21(18)30/h4-7,10-11,15-17,19,23,31,33-34H,8-9H2,1-3H3,(H,27,32)(H,28,35)/t15-,16+,17+,19+,23+/m0/s1. The number of carbonyl (C=O) groups excluding carboxylic acids is 2. The average Bonchev–Trinajstić information content (AvgIpc) is 3.40. The summed E-state index contributed by atoms with van der Waals surface area (Å²) in [4.78, 5) is 39.6. The number of fused-ring (bicyclic) bond motifs is 1. The molecule has 2 aromatic heterocycles. The van der Waals surface area contributed by atoms with E-state index in [0.717, 1.165) is 0 Å². The summed E-state index contributed by atoms with van der Waals surface area (Å²) in [6, 6.07) is 4.33. The van der Waals surface area contributed by atoms with Crippen LogP contribution in [-0.2, 0) is 20.7 Å². The van der Waals surface area contributed by atoms with E-state index in [0.29, 0.717) is 22.5 Å². The van der Waals surface area contributed by atoms with Crippen LogP contribution in [0.3, 0.4) is 0 Å². The van der Waals surface area contributed by atoms with Gasteiger partial charge in [0.15, 0.2) is 23.2 Å². The molecule has 5 N–H and O–H groups in total. The molecule has 3 heterocycles. The molecule has 13 nitrogen and oxygen atoms in total. The molecule has 0 spiro atoms. The molecule has 1 aliphatic heterocycles. The second kappa shape index (κ2) is 10.4. The van der Waals surface area contributed by atoms with Gasteiger partial charge < -0.3 is 35.6 Å². The van der Waals surface area contributed by atoms with Crippen LogP contribution in [0.4, 0.5) is 5.82 Å². The molecule has 36 heavy (non-hydrogen) atoms. The van der Waals surface area contributed by atoms with Gasteiger partial charge in [-0.25, -0.2) is 15.0 Å². The van der Waals surface area contributed by atoms with E-state index in [9.17, 15) is 24.9 Å². The molecule has 192 valence electrons. The quantitative estimate of drug-likeness (QED) is 0.261. The number of ether oxygens (including phenoxy) is 1. The highest BCUT2D eigenvalue weighted by atomic mass is 16.5. The first-order valence-corrected chi connectivity index (χ1v) is 11.3. The van der Waals surface area contributed by atoms with Crippen molar-refractivity contribution >= 4 is 28.8 Å². The SMILES string of the molecule is CC(=O)N[C@@H](Cc1ccc(O)cc1)C(=O)N[C@H]1[C@@H](O)[C@H](n2cnc3c(N(C)C)ncnc32)O[C@@H]1CO. The number of nitrogens with zero attached hydrogens (tertiary/aromatic N) is 5. The summed E-state index contributed by atoms with van der Waals surface area (Å²) in [6.45, 7) is 0.830. The van der Waals surface area contributed by atoms with Gasteiger partial charge in [-0.15, -0.1) is 0 Å². The summed E-state index contributed by atoms with van der Waals surface area (Å²) in [6.07, 6.45) is -0.177. The molecule has 4 rings (SSSR count). The minimum Gasteiger partial charge on any atom is -0.508 e. The minimum atomic E-state index is -1.26. The third-order valence-electron chi connectivity index (χ3n) is 5.97. The zero-order valence-electron chi connectivity index (χ0n) is 20.1. The van der Waals surface area contributed by atoms with Crippen LogP contribution in [0.25, 0.3) is 11.2 Å². The van der Waals surface area contributed by atoms with Gasteiger partial charge in [-0.05, 0) is 17.7 Å². The maximum absolute atomic E-state index is 13.2. The Kier molecular flexibility index (Phi) is 7.33. The Morgan fingerprint density at radius 2 is 1.92 bits per heavy atom. The number of nitrogens with one attached hydrogen (secondary N) is 2. The number of aromatic nitrogens is 4. The van der Waals surface area contributed by atoms with Crippen LogP contribution >= 0.6 is 0 Å². The zero-order valence-corrected chi connectivity index (χ0v) is 20.1. The van der Waals surface area contributed by atoms with Crippen molar-refractivity contribution < 1.29 is 29.6 Å². The number of aliphatic hydroxyl groups is 2. The number of anilines is 1. The van der Waals surface area contributed by atoms with Gasteiger partial charge >= 0.3 is 0 Å². The highest BCUT2D eigenvalue weighted by Gasteiger charge is 2.46. The van der Waals surface area contributed by atoms with Gasteiger partial charge in [-0.3, -0.25) is 14.2 Å². The van der Waals surface area contributed by atoms with Gasteiger partial charge in [0.25, 0.3) is 0 Å². The monoisotopic (exact) mass is 499 g/mol. The number of aliphatic hydroxyl groups excluding tert-OH is 2. The highest BCUT2D eigenvalue weighted by Crippen LogP contribution is 2.32. The number of aromatic hydroxyl groups is 1. The summed E-state index contributed by atoms with van der Waals surface area (Å²) >= 11 is 0. The topological polar surface area (TPSA) is 175 Å². The van der Waals surface area contributed by atoms with Crippen molar-refractivity contribution in [1.29, 1.82) is 0 Å². The molecule has 0 aliphatic carbocycles. The Bertz CT molecular complexity index is 1230. The second-order valence-electron chi connectivity index (χ2n) is 8.81. The molecular formula is C23H29N7O6.